The lowest BCUT2D eigenvalue weighted by molar-refractivity contribution is -0.142. The van der Waals surface area contributed by atoms with E-state index in [1.54, 1.807) is 6.92 Å². The van der Waals surface area contributed by atoms with Gasteiger partial charge in [0.25, 0.3) is 0 Å². The van der Waals surface area contributed by atoms with E-state index in [9.17, 15) is 4.79 Å². The van der Waals surface area contributed by atoms with Crippen molar-refractivity contribution in [3.63, 3.8) is 0 Å². The lowest BCUT2D eigenvalue weighted by Crippen LogP contribution is -2.24. The first kappa shape index (κ1) is 11.7. The van der Waals surface area contributed by atoms with Gasteiger partial charge in [-0.3, -0.25) is 4.79 Å². The fourth-order valence-electron chi connectivity index (χ4n) is 1.23. The molecule has 0 heterocycles. The molecule has 0 spiro atoms. The van der Waals surface area contributed by atoms with Gasteiger partial charge < -0.3 is 10.1 Å². The van der Waals surface area contributed by atoms with E-state index < -0.39 is 0 Å². The molecule has 0 aliphatic carbocycles. The Labute approximate surface area is 90.4 Å². The molecule has 3 nitrogen and oxygen atoms in total. The van der Waals surface area contributed by atoms with Crippen LogP contribution in [0.25, 0.3) is 0 Å². The maximum absolute atomic E-state index is 11.0. The normalized spacial score (nSPS) is 10.0. The quantitative estimate of drug-likeness (QED) is 0.746. The molecule has 1 rings (SSSR count). The number of aryl methyl sites for hydroxylation is 1. The molecule has 0 amide bonds. The first-order valence-corrected chi connectivity index (χ1v) is 5.14. The fraction of sp³-hybridized carbons (Fsp3) is 0.417. The first-order chi connectivity index (χ1) is 7.22. The zero-order valence-corrected chi connectivity index (χ0v) is 9.25. The minimum Gasteiger partial charge on any atom is -0.465 e. The van der Waals surface area contributed by atoms with Crippen molar-refractivity contribution in [2.45, 2.75) is 20.4 Å². The van der Waals surface area contributed by atoms with E-state index in [0.717, 1.165) is 0 Å². The first-order valence-electron chi connectivity index (χ1n) is 5.14. The highest BCUT2D eigenvalue weighted by Gasteiger charge is 1.99. The Morgan fingerprint density at radius 1 is 1.33 bits per heavy atom. The Morgan fingerprint density at radius 3 is 2.60 bits per heavy atom. The summed E-state index contributed by atoms with van der Waals surface area (Å²) in [6.45, 7) is 5.25. The third-order valence-corrected chi connectivity index (χ3v) is 2.02. The van der Waals surface area contributed by atoms with E-state index in [2.05, 4.69) is 24.4 Å². The van der Waals surface area contributed by atoms with Crippen LogP contribution in [0.3, 0.4) is 0 Å². The number of carbonyl (C=O) groups excluding carboxylic acids is 1. The van der Waals surface area contributed by atoms with Crippen molar-refractivity contribution in [2.24, 2.45) is 0 Å². The Balaban J connectivity index is 2.26. The summed E-state index contributed by atoms with van der Waals surface area (Å²) in [7, 11) is 0. The number of carbonyl (C=O) groups is 1. The molecule has 1 N–H and O–H groups in total. The molecule has 0 atom stereocenters. The van der Waals surface area contributed by atoms with E-state index in [0.29, 0.717) is 13.2 Å². The van der Waals surface area contributed by atoms with Crippen LogP contribution in [-0.4, -0.2) is 19.1 Å². The maximum atomic E-state index is 11.0. The molecule has 3 heteroatoms. The summed E-state index contributed by atoms with van der Waals surface area (Å²) in [6.07, 6.45) is 0. The molecule has 0 aliphatic rings. The lowest BCUT2D eigenvalue weighted by atomic mass is 10.1. The topological polar surface area (TPSA) is 38.3 Å². The molecule has 82 valence electrons. The summed E-state index contributed by atoms with van der Waals surface area (Å²) in [6, 6.07) is 8.21. The maximum Gasteiger partial charge on any atom is 0.319 e. The molecule has 0 radical (unpaired) electrons. The zero-order chi connectivity index (χ0) is 11.1. The van der Waals surface area contributed by atoms with Crippen molar-refractivity contribution in [1.82, 2.24) is 5.32 Å². The van der Waals surface area contributed by atoms with Crippen LogP contribution < -0.4 is 5.32 Å². The monoisotopic (exact) mass is 207 g/mol. The highest BCUT2D eigenvalue weighted by atomic mass is 16.5. The molecule has 0 bridgehead atoms. The standard InChI is InChI=1S/C12H17NO2/c1-3-15-12(14)9-13-8-11-6-4-10(2)5-7-11/h4-7,13H,3,8-9H2,1-2H3. The van der Waals surface area contributed by atoms with E-state index in [1.165, 1.54) is 11.1 Å². The van der Waals surface area contributed by atoms with Crippen LogP contribution in [0, 0.1) is 6.92 Å². The highest BCUT2D eigenvalue weighted by molar-refractivity contribution is 5.71. The SMILES string of the molecule is CCOC(=O)CNCc1ccc(C)cc1. The van der Waals surface area contributed by atoms with Gasteiger partial charge in [0.2, 0.25) is 0 Å². The summed E-state index contributed by atoms with van der Waals surface area (Å²) in [5.41, 5.74) is 2.41. The van der Waals surface area contributed by atoms with Crippen LogP contribution >= 0.6 is 0 Å². The molecule has 15 heavy (non-hydrogen) atoms. The van der Waals surface area contributed by atoms with Crippen molar-refractivity contribution in [1.29, 1.82) is 0 Å². The summed E-state index contributed by atoms with van der Waals surface area (Å²) < 4.78 is 4.80. The van der Waals surface area contributed by atoms with E-state index in [1.807, 2.05) is 12.1 Å². The molecule has 0 saturated heterocycles. The molecule has 0 aromatic heterocycles. The third-order valence-electron chi connectivity index (χ3n) is 2.02. The summed E-state index contributed by atoms with van der Waals surface area (Å²) >= 11 is 0. The van der Waals surface area contributed by atoms with E-state index in [-0.39, 0.29) is 12.5 Å². The van der Waals surface area contributed by atoms with Crippen LogP contribution in [0.1, 0.15) is 18.1 Å². The molecular weight excluding hydrogens is 190 g/mol. The number of hydrogen-bond donors (Lipinski definition) is 1. The molecule has 0 fully saturated rings. The summed E-state index contributed by atoms with van der Waals surface area (Å²) in [5.74, 6) is -0.204. The smallest absolute Gasteiger partial charge is 0.319 e. The Kier molecular flexibility index (Phi) is 4.84. The van der Waals surface area contributed by atoms with Gasteiger partial charge in [-0.25, -0.2) is 0 Å². The van der Waals surface area contributed by atoms with Gasteiger partial charge in [-0.15, -0.1) is 0 Å². The van der Waals surface area contributed by atoms with Crippen LogP contribution in [0.15, 0.2) is 24.3 Å². The van der Waals surface area contributed by atoms with Crippen molar-refractivity contribution in [3.8, 4) is 0 Å². The second-order valence-electron chi connectivity index (χ2n) is 3.39. The van der Waals surface area contributed by atoms with Crippen molar-refractivity contribution < 1.29 is 9.53 Å². The van der Waals surface area contributed by atoms with Gasteiger partial charge in [0.1, 0.15) is 0 Å². The number of rotatable bonds is 5. The minimum atomic E-state index is -0.204. The molecule has 1 aromatic carbocycles. The van der Waals surface area contributed by atoms with Crippen molar-refractivity contribution in [2.75, 3.05) is 13.2 Å². The number of esters is 1. The number of hydrogen-bond acceptors (Lipinski definition) is 3. The molecule has 1 aromatic rings. The van der Waals surface area contributed by atoms with Crippen LogP contribution in [0.2, 0.25) is 0 Å². The second-order valence-corrected chi connectivity index (χ2v) is 3.39. The van der Waals surface area contributed by atoms with Gasteiger partial charge in [0.05, 0.1) is 13.2 Å². The van der Waals surface area contributed by atoms with Crippen molar-refractivity contribution >= 4 is 5.97 Å². The molecular formula is C12H17NO2. The van der Waals surface area contributed by atoms with E-state index in [4.69, 9.17) is 4.74 Å². The van der Waals surface area contributed by atoms with Gasteiger partial charge in [-0.1, -0.05) is 29.8 Å². The van der Waals surface area contributed by atoms with Crippen molar-refractivity contribution in [3.05, 3.63) is 35.4 Å². The summed E-state index contributed by atoms with van der Waals surface area (Å²) in [4.78, 5) is 11.0. The van der Waals surface area contributed by atoms with Gasteiger partial charge in [-0.05, 0) is 19.4 Å². The molecule has 0 unspecified atom stereocenters. The summed E-state index contributed by atoms with van der Waals surface area (Å²) in [5, 5.41) is 3.03. The van der Waals surface area contributed by atoms with Crippen LogP contribution in [-0.2, 0) is 16.1 Å². The van der Waals surface area contributed by atoms with Crippen LogP contribution in [0.5, 0.6) is 0 Å². The predicted molar refractivity (Wildman–Crippen MR) is 59.5 cm³/mol. The number of benzene rings is 1. The Morgan fingerprint density at radius 2 is 2.00 bits per heavy atom. The average Bonchev–Trinajstić information content (AvgIpc) is 2.21. The van der Waals surface area contributed by atoms with Gasteiger partial charge in [0, 0.05) is 6.54 Å². The average molecular weight is 207 g/mol. The number of nitrogens with one attached hydrogen (secondary N) is 1. The van der Waals surface area contributed by atoms with E-state index >= 15 is 0 Å². The van der Waals surface area contributed by atoms with Gasteiger partial charge in [0.15, 0.2) is 0 Å². The third kappa shape index (κ3) is 4.61. The molecule has 0 aliphatic heterocycles. The zero-order valence-electron chi connectivity index (χ0n) is 9.25. The largest absolute Gasteiger partial charge is 0.465 e. The minimum absolute atomic E-state index is 0.204. The van der Waals surface area contributed by atoms with Crippen LogP contribution in [0.4, 0.5) is 0 Å². The molecule has 0 saturated carbocycles. The van der Waals surface area contributed by atoms with Gasteiger partial charge in [-0.2, -0.15) is 0 Å². The predicted octanol–water partition coefficient (Wildman–Crippen LogP) is 1.65. The fourth-order valence-corrected chi connectivity index (χ4v) is 1.23. The lowest BCUT2D eigenvalue weighted by Gasteiger charge is -2.04. The highest BCUT2D eigenvalue weighted by Crippen LogP contribution is 2.02. The Hall–Kier alpha value is -1.35. The van der Waals surface area contributed by atoms with Gasteiger partial charge >= 0.3 is 5.97 Å². The Bertz CT molecular complexity index is 306. The second kappa shape index (κ2) is 6.19. The number of ether oxygens (including phenoxy) is 1.